The van der Waals surface area contributed by atoms with Crippen LogP contribution in [-0.2, 0) is 10.0 Å². The van der Waals surface area contributed by atoms with Gasteiger partial charge in [-0.2, -0.15) is 0 Å². The average Bonchev–Trinajstić information content (AvgIpc) is 1.84. The minimum atomic E-state index is -3.10. The Balaban J connectivity index is 3.65. The van der Waals surface area contributed by atoms with Crippen LogP contribution in [-0.4, -0.2) is 32.4 Å². The van der Waals surface area contributed by atoms with E-state index in [-0.39, 0.29) is 12.4 Å². The number of nitrogens with one attached hydrogen (secondary N) is 1. The molecule has 0 unspecified atom stereocenters. The third-order valence-corrected chi connectivity index (χ3v) is 2.49. The maximum absolute atomic E-state index is 10.8. The van der Waals surface area contributed by atoms with Crippen molar-refractivity contribution >= 4 is 10.0 Å². The van der Waals surface area contributed by atoms with Crippen molar-refractivity contribution in [3.63, 3.8) is 0 Å². The van der Waals surface area contributed by atoms with Gasteiger partial charge in [0.05, 0.1) is 5.75 Å². The molecule has 0 saturated carbocycles. The Kier molecular flexibility index (Phi) is 4.59. The summed E-state index contributed by atoms with van der Waals surface area (Å²) in [6.07, 6.45) is 0.301. The fraction of sp³-hybridized carbons (Fsp3) is 1.00. The van der Waals surface area contributed by atoms with Crippen LogP contribution in [0.25, 0.3) is 0 Å². The van der Waals surface area contributed by atoms with Crippen LogP contribution in [0.15, 0.2) is 0 Å². The maximum Gasteiger partial charge on any atom is 0.211 e. The Labute approximate surface area is 61.3 Å². The quantitative estimate of drug-likeness (QED) is 0.569. The Hall–Kier alpha value is -0.130. The SMILES string of the molecule is CCNS(=O)(=O)CCCO. The van der Waals surface area contributed by atoms with E-state index < -0.39 is 10.0 Å². The molecule has 4 nitrogen and oxygen atoms in total. The second-order valence-corrected chi connectivity index (χ2v) is 3.82. The summed E-state index contributed by atoms with van der Waals surface area (Å²) in [6, 6.07) is 0. The molecule has 0 aliphatic rings. The molecule has 0 rings (SSSR count). The van der Waals surface area contributed by atoms with Gasteiger partial charge in [0.15, 0.2) is 0 Å². The van der Waals surface area contributed by atoms with E-state index in [1.54, 1.807) is 6.92 Å². The highest BCUT2D eigenvalue weighted by Crippen LogP contribution is 1.86. The number of aliphatic hydroxyl groups excluding tert-OH is 1. The summed E-state index contributed by atoms with van der Waals surface area (Å²) in [5.74, 6) is 0.0112. The molecule has 0 aromatic heterocycles. The van der Waals surface area contributed by atoms with E-state index in [1.165, 1.54) is 0 Å². The van der Waals surface area contributed by atoms with Crippen molar-refractivity contribution in [1.82, 2.24) is 4.72 Å². The number of rotatable bonds is 5. The number of hydrogen-bond acceptors (Lipinski definition) is 3. The van der Waals surface area contributed by atoms with Gasteiger partial charge in [-0.1, -0.05) is 6.92 Å². The van der Waals surface area contributed by atoms with Crippen molar-refractivity contribution in [3.8, 4) is 0 Å². The van der Waals surface area contributed by atoms with Crippen LogP contribution in [0.2, 0.25) is 0 Å². The van der Waals surface area contributed by atoms with Gasteiger partial charge in [0.2, 0.25) is 10.0 Å². The van der Waals surface area contributed by atoms with Gasteiger partial charge in [-0.3, -0.25) is 0 Å². The van der Waals surface area contributed by atoms with Crippen molar-refractivity contribution < 1.29 is 13.5 Å². The van der Waals surface area contributed by atoms with Gasteiger partial charge >= 0.3 is 0 Å². The van der Waals surface area contributed by atoms with E-state index in [0.717, 1.165) is 0 Å². The lowest BCUT2D eigenvalue weighted by Crippen LogP contribution is -2.26. The highest BCUT2D eigenvalue weighted by molar-refractivity contribution is 7.89. The summed E-state index contributed by atoms with van der Waals surface area (Å²) in [5, 5.41) is 8.31. The zero-order chi connectivity index (χ0) is 8.04. The van der Waals surface area contributed by atoms with E-state index in [9.17, 15) is 8.42 Å². The lowest BCUT2D eigenvalue weighted by molar-refractivity contribution is 0.295. The second kappa shape index (κ2) is 4.65. The Morgan fingerprint density at radius 2 is 2.10 bits per heavy atom. The lowest BCUT2D eigenvalue weighted by atomic mass is 10.5. The summed E-state index contributed by atoms with van der Waals surface area (Å²) in [5.41, 5.74) is 0. The van der Waals surface area contributed by atoms with Gasteiger partial charge in [0.1, 0.15) is 0 Å². The van der Waals surface area contributed by atoms with Crippen LogP contribution in [0.1, 0.15) is 13.3 Å². The molecular weight excluding hydrogens is 154 g/mol. The molecule has 0 radical (unpaired) electrons. The first-order chi connectivity index (χ1) is 4.62. The highest BCUT2D eigenvalue weighted by atomic mass is 32.2. The van der Waals surface area contributed by atoms with Crippen LogP contribution >= 0.6 is 0 Å². The van der Waals surface area contributed by atoms with Gasteiger partial charge < -0.3 is 5.11 Å². The van der Waals surface area contributed by atoms with E-state index in [1.807, 2.05) is 0 Å². The Morgan fingerprint density at radius 1 is 1.50 bits per heavy atom. The molecule has 0 aromatic carbocycles. The van der Waals surface area contributed by atoms with Gasteiger partial charge in [-0.05, 0) is 6.42 Å². The first kappa shape index (κ1) is 9.87. The predicted molar refractivity (Wildman–Crippen MR) is 39.2 cm³/mol. The molecule has 0 amide bonds. The Bertz CT molecular complexity index is 164. The maximum atomic E-state index is 10.8. The zero-order valence-corrected chi connectivity index (χ0v) is 6.82. The van der Waals surface area contributed by atoms with E-state index >= 15 is 0 Å². The zero-order valence-electron chi connectivity index (χ0n) is 6.00. The van der Waals surface area contributed by atoms with Crippen LogP contribution in [0, 0.1) is 0 Å². The summed E-state index contributed by atoms with van der Waals surface area (Å²) in [6.45, 7) is 2.05. The fourth-order valence-electron chi connectivity index (χ4n) is 0.547. The minimum Gasteiger partial charge on any atom is -0.396 e. The molecule has 0 aliphatic heterocycles. The Morgan fingerprint density at radius 3 is 2.50 bits per heavy atom. The van der Waals surface area contributed by atoms with Gasteiger partial charge in [-0.25, -0.2) is 13.1 Å². The van der Waals surface area contributed by atoms with Crippen molar-refractivity contribution in [2.45, 2.75) is 13.3 Å². The molecular formula is C5H13NO3S. The normalized spacial score (nSPS) is 11.8. The topological polar surface area (TPSA) is 66.4 Å². The number of aliphatic hydroxyl groups is 1. The number of hydrogen-bond donors (Lipinski definition) is 2. The van der Waals surface area contributed by atoms with Gasteiger partial charge in [0.25, 0.3) is 0 Å². The third kappa shape index (κ3) is 4.72. The van der Waals surface area contributed by atoms with Crippen molar-refractivity contribution in [3.05, 3.63) is 0 Å². The standard InChI is InChI=1S/C5H13NO3S/c1-2-6-10(8,9)5-3-4-7/h6-7H,2-5H2,1H3. The molecule has 0 bridgehead atoms. The third-order valence-electron chi connectivity index (χ3n) is 0.935. The van der Waals surface area contributed by atoms with Crippen molar-refractivity contribution in [2.24, 2.45) is 0 Å². The number of sulfonamides is 1. The van der Waals surface area contributed by atoms with E-state index in [0.29, 0.717) is 13.0 Å². The largest absolute Gasteiger partial charge is 0.396 e. The average molecular weight is 167 g/mol. The monoisotopic (exact) mass is 167 g/mol. The molecule has 5 heteroatoms. The second-order valence-electron chi connectivity index (χ2n) is 1.89. The van der Waals surface area contributed by atoms with Gasteiger partial charge in [-0.15, -0.1) is 0 Å². The van der Waals surface area contributed by atoms with Gasteiger partial charge in [0, 0.05) is 13.2 Å². The molecule has 2 N–H and O–H groups in total. The summed E-state index contributed by atoms with van der Waals surface area (Å²) >= 11 is 0. The van der Waals surface area contributed by atoms with Crippen LogP contribution in [0.3, 0.4) is 0 Å². The minimum absolute atomic E-state index is 0.0112. The summed E-state index contributed by atoms with van der Waals surface area (Å²) in [7, 11) is -3.10. The molecule has 0 saturated heterocycles. The molecule has 0 aliphatic carbocycles. The first-order valence-corrected chi connectivity index (χ1v) is 4.86. The van der Waals surface area contributed by atoms with E-state index in [4.69, 9.17) is 5.11 Å². The molecule has 62 valence electrons. The molecule has 10 heavy (non-hydrogen) atoms. The highest BCUT2D eigenvalue weighted by Gasteiger charge is 2.05. The van der Waals surface area contributed by atoms with Crippen LogP contribution in [0.5, 0.6) is 0 Å². The molecule has 0 spiro atoms. The molecule has 0 heterocycles. The molecule has 0 atom stereocenters. The van der Waals surface area contributed by atoms with Crippen molar-refractivity contribution in [2.75, 3.05) is 18.9 Å². The lowest BCUT2D eigenvalue weighted by Gasteiger charge is -2.00. The first-order valence-electron chi connectivity index (χ1n) is 3.20. The van der Waals surface area contributed by atoms with Crippen LogP contribution < -0.4 is 4.72 Å². The predicted octanol–water partition coefficient (Wildman–Crippen LogP) is -0.692. The smallest absolute Gasteiger partial charge is 0.211 e. The van der Waals surface area contributed by atoms with E-state index in [2.05, 4.69) is 4.72 Å². The summed E-state index contributed by atoms with van der Waals surface area (Å²) in [4.78, 5) is 0. The summed E-state index contributed by atoms with van der Waals surface area (Å²) < 4.78 is 23.9. The van der Waals surface area contributed by atoms with Crippen LogP contribution in [0.4, 0.5) is 0 Å². The fourth-order valence-corrected chi connectivity index (χ4v) is 1.64. The molecule has 0 fully saturated rings. The molecule has 0 aromatic rings. The van der Waals surface area contributed by atoms with Crippen molar-refractivity contribution in [1.29, 1.82) is 0 Å².